The molecular formula is C40H45ClN4O2S2. The van der Waals surface area contributed by atoms with Gasteiger partial charge in [-0.2, -0.15) is 10.5 Å². The molecule has 49 heavy (non-hydrogen) atoms. The van der Waals surface area contributed by atoms with Gasteiger partial charge in [0, 0.05) is 9.75 Å². The first-order valence-corrected chi connectivity index (χ1v) is 19.1. The average molecular weight is 713 g/mol. The highest BCUT2D eigenvalue weighted by Crippen LogP contribution is 2.40. The zero-order valence-corrected chi connectivity index (χ0v) is 31.1. The van der Waals surface area contributed by atoms with Gasteiger partial charge in [0.1, 0.15) is 22.1 Å². The maximum Gasteiger partial charge on any atom is 0.232 e. The number of nitrogens with one attached hydrogen (secondary N) is 1. The normalized spacial score (nSPS) is 15.0. The van der Waals surface area contributed by atoms with Crippen LogP contribution in [0.2, 0.25) is 0 Å². The summed E-state index contributed by atoms with van der Waals surface area (Å²) in [4.78, 5) is 26.9. The predicted molar refractivity (Wildman–Crippen MR) is 203 cm³/mol. The number of nitrogen functional groups attached to an aromatic ring is 1. The van der Waals surface area contributed by atoms with Crippen molar-refractivity contribution < 1.29 is 9.59 Å². The highest BCUT2D eigenvalue weighted by molar-refractivity contribution is 7.17. The molecule has 0 saturated heterocycles. The third kappa shape index (κ3) is 9.19. The number of hydrogen-bond acceptors (Lipinski definition) is 7. The van der Waals surface area contributed by atoms with Crippen molar-refractivity contribution >= 4 is 55.4 Å². The van der Waals surface area contributed by atoms with Crippen LogP contribution in [-0.2, 0) is 35.3 Å². The molecule has 6 rings (SSSR count). The first-order chi connectivity index (χ1) is 23.6. The number of rotatable bonds is 9. The van der Waals surface area contributed by atoms with Gasteiger partial charge in [0.15, 0.2) is 0 Å². The van der Waals surface area contributed by atoms with Crippen molar-refractivity contribution in [1.29, 1.82) is 10.5 Å². The van der Waals surface area contributed by atoms with Crippen molar-refractivity contribution in [3.8, 4) is 12.1 Å². The van der Waals surface area contributed by atoms with Gasteiger partial charge in [-0.3, -0.25) is 9.59 Å². The molecule has 0 aliphatic heterocycles. The lowest BCUT2D eigenvalue weighted by Crippen LogP contribution is -2.26. The molecule has 1 amide bonds. The molecule has 256 valence electrons. The molecule has 4 unspecified atom stereocenters. The Labute approximate surface area is 303 Å². The SMILES string of the molecule is CCC(C)C(C(=O)Cl)c1ccccc1.CCC(C)C(C(=O)Nc1sc2c(c1C#N)CCC2)c1ccccc1.N#Cc1c(N)sc2c1CCC2. The smallest absolute Gasteiger partial charge is 0.232 e. The molecule has 4 atom stereocenters. The molecule has 9 heteroatoms. The van der Waals surface area contributed by atoms with E-state index < -0.39 is 0 Å². The molecule has 2 aliphatic rings. The van der Waals surface area contributed by atoms with Gasteiger partial charge in [-0.1, -0.05) is 101 Å². The van der Waals surface area contributed by atoms with Crippen LogP contribution in [-0.4, -0.2) is 11.1 Å². The van der Waals surface area contributed by atoms with Gasteiger partial charge in [0.2, 0.25) is 11.1 Å². The second-order valence-electron chi connectivity index (χ2n) is 12.7. The van der Waals surface area contributed by atoms with Crippen LogP contribution in [0.5, 0.6) is 0 Å². The number of aryl methyl sites for hydroxylation is 2. The Morgan fingerprint density at radius 3 is 1.73 bits per heavy atom. The van der Waals surface area contributed by atoms with Crippen LogP contribution in [0.4, 0.5) is 10.0 Å². The van der Waals surface area contributed by atoms with E-state index in [0.29, 0.717) is 16.5 Å². The molecule has 4 aromatic rings. The Kier molecular flexibility index (Phi) is 14.0. The summed E-state index contributed by atoms with van der Waals surface area (Å²) in [6, 6.07) is 24.1. The maximum absolute atomic E-state index is 13.0. The van der Waals surface area contributed by atoms with E-state index in [4.69, 9.17) is 22.6 Å². The fourth-order valence-electron chi connectivity index (χ4n) is 6.56. The Morgan fingerprint density at radius 1 is 0.776 bits per heavy atom. The van der Waals surface area contributed by atoms with Crippen molar-refractivity contribution in [2.24, 2.45) is 11.8 Å². The highest BCUT2D eigenvalue weighted by atomic mass is 35.5. The number of carbonyl (C=O) groups excluding carboxylic acids is 2. The average Bonchev–Trinajstić information content (AvgIpc) is 3.88. The summed E-state index contributed by atoms with van der Waals surface area (Å²) in [5.41, 5.74) is 11.5. The van der Waals surface area contributed by atoms with Crippen LogP contribution < -0.4 is 11.1 Å². The molecule has 0 radical (unpaired) electrons. The minimum atomic E-state index is -0.259. The third-order valence-electron chi connectivity index (χ3n) is 9.60. The summed E-state index contributed by atoms with van der Waals surface area (Å²) < 4.78 is 0. The van der Waals surface area contributed by atoms with Crippen LogP contribution in [0.3, 0.4) is 0 Å². The Balaban J connectivity index is 0.000000183. The molecule has 0 bridgehead atoms. The van der Waals surface area contributed by atoms with E-state index in [1.807, 2.05) is 60.7 Å². The van der Waals surface area contributed by atoms with Crippen LogP contribution in [0.25, 0.3) is 0 Å². The van der Waals surface area contributed by atoms with E-state index in [1.165, 1.54) is 21.7 Å². The van der Waals surface area contributed by atoms with Gasteiger partial charge < -0.3 is 11.1 Å². The van der Waals surface area contributed by atoms with E-state index >= 15 is 0 Å². The zero-order valence-electron chi connectivity index (χ0n) is 28.7. The molecule has 0 fully saturated rings. The van der Waals surface area contributed by atoms with Crippen LogP contribution in [0.15, 0.2) is 60.7 Å². The number of benzene rings is 2. The van der Waals surface area contributed by atoms with E-state index in [9.17, 15) is 14.9 Å². The van der Waals surface area contributed by atoms with Gasteiger partial charge in [0.05, 0.1) is 23.0 Å². The number of hydrogen-bond donors (Lipinski definition) is 2. The number of anilines is 2. The van der Waals surface area contributed by atoms with E-state index in [2.05, 4.69) is 45.2 Å². The Morgan fingerprint density at radius 2 is 1.24 bits per heavy atom. The summed E-state index contributed by atoms with van der Waals surface area (Å²) in [6.45, 7) is 8.34. The fraction of sp³-hybridized carbons (Fsp3) is 0.400. The minimum Gasteiger partial charge on any atom is -0.389 e. The van der Waals surface area contributed by atoms with E-state index in [0.717, 1.165) is 72.2 Å². The van der Waals surface area contributed by atoms with Crippen LogP contribution in [0.1, 0.15) is 108 Å². The molecule has 3 N–H and O–H groups in total. The lowest BCUT2D eigenvalue weighted by molar-refractivity contribution is -0.118. The number of thiophene rings is 2. The van der Waals surface area contributed by atoms with Gasteiger partial charge in [0.25, 0.3) is 0 Å². The fourth-order valence-corrected chi connectivity index (χ4v) is 9.26. The van der Waals surface area contributed by atoms with E-state index in [-0.39, 0.29) is 28.9 Å². The molecule has 0 spiro atoms. The first-order valence-electron chi connectivity index (χ1n) is 17.1. The van der Waals surface area contributed by atoms with Gasteiger partial charge in [-0.05, 0) is 84.2 Å². The lowest BCUT2D eigenvalue weighted by Gasteiger charge is -2.22. The number of carbonyl (C=O) groups is 2. The number of fused-ring (bicyclic) bond motifs is 2. The molecule has 2 aliphatic carbocycles. The van der Waals surface area contributed by atoms with E-state index in [1.54, 1.807) is 22.7 Å². The molecule has 2 aromatic heterocycles. The van der Waals surface area contributed by atoms with Crippen molar-refractivity contribution in [1.82, 2.24) is 0 Å². The monoisotopic (exact) mass is 712 g/mol. The predicted octanol–water partition coefficient (Wildman–Crippen LogP) is 10.1. The van der Waals surface area contributed by atoms with Gasteiger partial charge >= 0.3 is 0 Å². The topological polar surface area (TPSA) is 120 Å². The molecule has 2 heterocycles. The van der Waals surface area contributed by atoms with Crippen molar-refractivity contribution in [2.45, 2.75) is 90.9 Å². The maximum atomic E-state index is 13.0. The van der Waals surface area contributed by atoms with Crippen LogP contribution in [0, 0.1) is 34.5 Å². The molecule has 0 saturated carbocycles. The van der Waals surface area contributed by atoms with Crippen molar-refractivity contribution in [3.05, 3.63) is 104 Å². The number of halogens is 1. The minimum absolute atomic E-state index is 0.00743. The molecule has 2 aromatic carbocycles. The van der Waals surface area contributed by atoms with Crippen LogP contribution >= 0.6 is 34.3 Å². The second-order valence-corrected chi connectivity index (χ2v) is 15.3. The lowest BCUT2D eigenvalue weighted by atomic mass is 9.85. The summed E-state index contributed by atoms with van der Waals surface area (Å²) in [7, 11) is 0. The van der Waals surface area contributed by atoms with Crippen molar-refractivity contribution in [3.63, 3.8) is 0 Å². The summed E-state index contributed by atoms with van der Waals surface area (Å²) >= 11 is 8.78. The summed E-state index contributed by atoms with van der Waals surface area (Å²) in [6.07, 6.45) is 8.34. The summed E-state index contributed by atoms with van der Waals surface area (Å²) in [5.74, 6) is 0.168. The third-order valence-corrected chi connectivity index (χ3v) is 12.2. The number of amides is 1. The Bertz CT molecular complexity index is 1800. The molecular weight excluding hydrogens is 668 g/mol. The highest BCUT2D eigenvalue weighted by Gasteiger charge is 2.29. The van der Waals surface area contributed by atoms with Gasteiger partial charge in [-0.15, -0.1) is 22.7 Å². The Hall–Kier alpha value is -3.95. The number of nitrogens with zero attached hydrogens (tertiary/aromatic N) is 2. The largest absolute Gasteiger partial charge is 0.389 e. The van der Waals surface area contributed by atoms with Gasteiger partial charge in [-0.25, -0.2) is 0 Å². The quantitative estimate of drug-likeness (QED) is 0.167. The van der Waals surface area contributed by atoms with Crippen molar-refractivity contribution in [2.75, 3.05) is 11.1 Å². The number of nitrogens with two attached hydrogens (primary N) is 1. The zero-order chi connectivity index (χ0) is 35.5. The second kappa shape index (κ2) is 18.2. The standard InChI is InChI=1S/C20H22N2OS.C12H15ClO.C8H8N2S/c1-3-13(2)18(14-8-5-4-6-9-14)19(23)22-20-16(12-21)15-10-7-11-17(15)24-20;1-3-9(2)11(12(13)14)10-7-5-4-6-8-10;9-4-6-5-2-1-3-7(5)11-8(6)10/h4-6,8-9,13,18H,3,7,10-11H2,1-2H3,(H,22,23);4-9,11H,3H2,1-2H3;1-3,10H2. The molecule has 6 nitrogen and oxygen atoms in total. The number of nitriles is 2. The first kappa shape index (κ1) is 37.9. The summed E-state index contributed by atoms with van der Waals surface area (Å²) in [5, 5.41) is 22.5.